The van der Waals surface area contributed by atoms with Crippen LogP contribution in [0, 0.1) is 0 Å². The lowest BCUT2D eigenvalue weighted by Gasteiger charge is -2.05. The molecule has 0 unspecified atom stereocenters. The van der Waals surface area contributed by atoms with Crippen LogP contribution >= 0.6 is 34.7 Å². The molecule has 0 spiro atoms. The summed E-state index contributed by atoms with van der Waals surface area (Å²) in [6, 6.07) is 5.41. The Kier molecular flexibility index (Phi) is 4.95. The van der Waals surface area contributed by atoms with Crippen LogP contribution < -0.4 is 5.32 Å². The molecule has 1 aromatic heterocycles. The van der Waals surface area contributed by atoms with Gasteiger partial charge in [0, 0.05) is 17.1 Å². The molecule has 96 valence electrons. The summed E-state index contributed by atoms with van der Waals surface area (Å²) in [5.74, 6) is 0. The third kappa shape index (κ3) is 3.20. The number of nitrogens with zero attached hydrogens (tertiary/aromatic N) is 2. The Morgan fingerprint density at radius 1 is 1.33 bits per heavy atom. The lowest BCUT2D eigenvalue weighted by molar-refractivity contribution is 0.681. The van der Waals surface area contributed by atoms with Crippen molar-refractivity contribution in [2.24, 2.45) is 0 Å². The minimum absolute atomic E-state index is 0.604. The van der Waals surface area contributed by atoms with Gasteiger partial charge in [-0.3, -0.25) is 0 Å². The molecule has 0 bridgehead atoms. The summed E-state index contributed by atoms with van der Waals surface area (Å²) in [6.45, 7) is 3.88. The van der Waals surface area contributed by atoms with Gasteiger partial charge in [-0.2, -0.15) is 0 Å². The van der Waals surface area contributed by atoms with E-state index in [0.717, 1.165) is 35.6 Å². The highest BCUT2D eigenvalue weighted by Crippen LogP contribution is 2.32. The largest absolute Gasteiger partial charge is 0.312 e. The average molecular weight is 302 g/mol. The highest BCUT2D eigenvalue weighted by atomic mass is 35.5. The summed E-state index contributed by atoms with van der Waals surface area (Å²) in [4.78, 5) is 1.09. The molecule has 0 aliphatic rings. The highest BCUT2D eigenvalue weighted by molar-refractivity contribution is 7.06. The van der Waals surface area contributed by atoms with Crippen molar-refractivity contribution in [2.45, 2.75) is 19.9 Å². The zero-order chi connectivity index (χ0) is 13.0. The molecule has 1 N–H and O–H groups in total. The molecule has 0 saturated heterocycles. The monoisotopic (exact) mass is 301 g/mol. The second kappa shape index (κ2) is 6.48. The quantitative estimate of drug-likeness (QED) is 0.848. The van der Waals surface area contributed by atoms with Crippen LogP contribution in [0.15, 0.2) is 18.2 Å². The van der Waals surface area contributed by atoms with Gasteiger partial charge in [0.2, 0.25) is 0 Å². The van der Waals surface area contributed by atoms with E-state index in [1.807, 2.05) is 12.1 Å². The van der Waals surface area contributed by atoms with E-state index < -0.39 is 0 Å². The second-order valence-electron chi connectivity index (χ2n) is 3.85. The molecular weight excluding hydrogens is 289 g/mol. The van der Waals surface area contributed by atoms with Crippen molar-refractivity contribution < 1.29 is 0 Å². The summed E-state index contributed by atoms with van der Waals surface area (Å²) in [5, 5.41) is 8.72. The molecule has 0 radical (unpaired) electrons. The lowest BCUT2D eigenvalue weighted by Crippen LogP contribution is -2.13. The van der Waals surface area contributed by atoms with Crippen molar-refractivity contribution in [3.8, 4) is 11.3 Å². The third-order valence-electron chi connectivity index (χ3n) is 2.45. The van der Waals surface area contributed by atoms with Crippen LogP contribution in [0.4, 0.5) is 0 Å². The van der Waals surface area contributed by atoms with E-state index in [2.05, 4.69) is 21.8 Å². The molecule has 0 atom stereocenters. The maximum absolute atomic E-state index is 6.19. The Labute approximate surface area is 120 Å². The zero-order valence-electron chi connectivity index (χ0n) is 9.91. The Hall–Kier alpha value is -0.680. The zero-order valence-corrected chi connectivity index (χ0v) is 12.2. The second-order valence-corrected chi connectivity index (χ2v) is 5.53. The molecule has 18 heavy (non-hydrogen) atoms. The van der Waals surface area contributed by atoms with Gasteiger partial charge in [-0.1, -0.05) is 34.6 Å². The van der Waals surface area contributed by atoms with Gasteiger partial charge in [0.15, 0.2) is 0 Å². The Balaban J connectivity index is 2.25. The van der Waals surface area contributed by atoms with E-state index in [0.29, 0.717) is 10.0 Å². The van der Waals surface area contributed by atoms with E-state index in [-0.39, 0.29) is 0 Å². The predicted octanol–water partition coefficient (Wildman–Crippen LogP) is 4.01. The Morgan fingerprint density at radius 3 is 2.89 bits per heavy atom. The number of benzene rings is 1. The molecule has 3 nitrogen and oxygen atoms in total. The standard InChI is InChI=1S/C12H13Cl2N3S/c1-2-5-15-7-11-12(16-17-18-11)9-4-3-8(13)6-10(9)14/h3-4,6,15H,2,5,7H2,1H3. The predicted molar refractivity (Wildman–Crippen MR) is 77.4 cm³/mol. The van der Waals surface area contributed by atoms with Crippen LogP contribution in [0.2, 0.25) is 10.0 Å². The minimum Gasteiger partial charge on any atom is -0.312 e. The van der Waals surface area contributed by atoms with Gasteiger partial charge >= 0.3 is 0 Å². The van der Waals surface area contributed by atoms with Gasteiger partial charge in [-0.15, -0.1) is 5.10 Å². The first-order valence-electron chi connectivity index (χ1n) is 5.69. The Morgan fingerprint density at radius 2 is 2.17 bits per heavy atom. The van der Waals surface area contributed by atoms with E-state index >= 15 is 0 Å². The highest BCUT2D eigenvalue weighted by Gasteiger charge is 2.13. The van der Waals surface area contributed by atoms with Gasteiger partial charge in [-0.25, -0.2) is 0 Å². The van der Waals surface area contributed by atoms with Crippen LogP contribution in [0.1, 0.15) is 18.2 Å². The minimum atomic E-state index is 0.604. The van der Waals surface area contributed by atoms with Crippen molar-refractivity contribution >= 4 is 34.7 Å². The average Bonchev–Trinajstić information content (AvgIpc) is 2.78. The fourth-order valence-corrected chi connectivity index (χ4v) is 2.71. The maximum Gasteiger partial charge on any atom is 0.111 e. The van der Waals surface area contributed by atoms with E-state index in [4.69, 9.17) is 23.2 Å². The summed E-state index contributed by atoms with van der Waals surface area (Å²) in [5.41, 5.74) is 1.72. The van der Waals surface area contributed by atoms with Gasteiger partial charge in [0.25, 0.3) is 0 Å². The first-order chi connectivity index (χ1) is 8.72. The third-order valence-corrected chi connectivity index (χ3v) is 3.72. The fraction of sp³-hybridized carbons (Fsp3) is 0.333. The van der Waals surface area contributed by atoms with Crippen molar-refractivity contribution in [3.63, 3.8) is 0 Å². The molecule has 6 heteroatoms. The van der Waals surface area contributed by atoms with Crippen LogP contribution in [-0.2, 0) is 6.54 Å². The Bertz CT molecular complexity index is 528. The van der Waals surface area contributed by atoms with Gasteiger partial charge in [0.05, 0.1) is 9.90 Å². The fourth-order valence-electron chi connectivity index (χ4n) is 1.59. The summed E-state index contributed by atoms with van der Waals surface area (Å²) < 4.78 is 4.00. The summed E-state index contributed by atoms with van der Waals surface area (Å²) >= 11 is 13.5. The number of aromatic nitrogens is 2. The van der Waals surface area contributed by atoms with Crippen molar-refractivity contribution in [2.75, 3.05) is 6.54 Å². The van der Waals surface area contributed by atoms with Crippen LogP contribution in [-0.4, -0.2) is 16.1 Å². The lowest BCUT2D eigenvalue weighted by atomic mass is 10.1. The molecular formula is C12H13Cl2N3S. The van der Waals surface area contributed by atoms with Crippen LogP contribution in [0.5, 0.6) is 0 Å². The number of hydrogen-bond donors (Lipinski definition) is 1. The number of hydrogen-bond acceptors (Lipinski definition) is 4. The molecule has 0 amide bonds. The first-order valence-corrected chi connectivity index (χ1v) is 7.22. The van der Waals surface area contributed by atoms with Gasteiger partial charge < -0.3 is 5.32 Å². The molecule has 1 heterocycles. The summed E-state index contributed by atoms with van der Waals surface area (Å²) in [6.07, 6.45) is 1.10. The summed E-state index contributed by atoms with van der Waals surface area (Å²) in [7, 11) is 0. The maximum atomic E-state index is 6.19. The molecule has 2 rings (SSSR count). The van der Waals surface area contributed by atoms with Crippen molar-refractivity contribution in [3.05, 3.63) is 33.1 Å². The number of rotatable bonds is 5. The number of nitrogens with one attached hydrogen (secondary N) is 1. The van der Waals surface area contributed by atoms with Crippen molar-refractivity contribution in [1.29, 1.82) is 0 Å². The molecule has 0 aliphatic heterocycles. The van der Waals surface area contributed by atoms with Crippen LogP contribution in [0.25, 0.3) is 11.3 Å². The molecule has 0 saturated carbocycles. The van der Waals surface area contributed by atoms with Crippen LogP contribution in [0.3, 0.4) is 0 Å². The van der Waals surface area contributed by atoms with E-state index in [9.17, 15) is 0 Å². The normalized spacial score (nSPS) is 10.8. The molecule has 0 aliphatic carbocycles. The van der Waals surface area contributed by atoms with Gasteiger partial charge in [0.1, 0.15) is 5.69 Å². The SMILES string of the molecule is CCCNCc1snnc1-c1ccc(Cl)cc1Cl. The van der Waals surface area contributed by atoms with Gasteiger partial charge in [-0.05, 0) is 42.7 Å². The van der Waals surface area contributed by atoms with E-state index in [1.165, 1.54) is 11.5 Å². The number of halogens is 2. The molecule has 1 aromatic carbocycles. The smallest absolute Gasteiger partial charge is 0.111 e. The van der Waals surface area contributed by atoms with Crippen molar-refractivity contribution in [1.82, 2.24) is 14.9 Å². The molecule has 2 aromatic rings. The van der Waals surface area contributed by atoms with E-state index in [1.54, 1.807) is 6.07 Å². The molecule has 0 fully saturated rings. The topological polar surface area (TPSA) is 37.8 Å². The first kappa shape index (κ1) is 13.7.